The maximum Gasteiger partial charge on any atom is 0.416 e. The van der Waals surface area contributed by atoms with E-state index in [1.807, 2.05) is 0 Å². The third-order valence-corrected chi connectivity index (χ3v) is 5.08. The molecule has 0 fully saturated rings. The summed E-state index contributed by atoms with van der Waals surface area (Å²) in [6.07, 6.45) is -4.54. The van der Waals surface area contributed by atoms with E-state index in [4.69, 9.17) is 4.18 Å². The summed E-state index contributed by atoms with van der Waals surface area (Å²) >= 11 is 0. The summed E-state index contributed by atoms with van der Waals surface area (Å²) in [5.74, 6) is 0. The normalized spacial score (nSPS) is 14.9. The molecule has 0 aliphatic heterocycles. The van der Waals surface area contributed by atoms with Gasteiger partial charge >= 0.3 is 6.18 Å². The van der Waals surface area contributed by atoms with Gasteiger partial charge in [0.25, 0.3) is 10.1 Å². The van der Waals surface area contributed by atoms with Gasteiger partial charge in [0.2, 0.25) is 0 Å². The molecule has 2 aromatic rings. The Morgan fingerprint density at radius 1 is 1.00 bits per heavy atom. The van der Waals surface area contributed by atoms with Crippen LogP contribution in [0, 0.1) is 0 Å². The van der Waals surface area contributed by atoms with Gasteiger partial charge in [-0.15, -0.1) is 0 Å². The molecule has 0 amide bonds. The Balaban J connectivity index is 2.27. The summed E-state index contributed by atoms with van der Waals surface area (Å²) in [5, 5.41) is 9.64. The number of halogens is 3. The second-order valence-electron chi connectivity index (χ2n) is 5.83. The lowest BCUT2D eigenvalue weighted by atomic mass is 9.83. The first-order valence-corrected chi connectivity index (χ1v) is 8.72. The first-order chi connectivity index (χ1) is 11.6. The van der Waals surface area contributed by atoms with E-state index in [9.17, 15) is 26.7 Å². The SMILES string of the molecule is C[C@@](CO)(COS(=O)(=O)c1ccccc1)c1cccc(C(F)(F)F)c1. The van der Waals surface area contributed by atoms with E-state index >= 15 is 0 Å². The molecule has 1 atom stereocenters. The van der Waals surface area contributed by atoms with E-state index in [0.717, 1.165) is 12.1 Å². The van der Waals surface area contributed by atoms with Crippen molar-refractivity contribution in [3.8, 4) is 0 Å². The number of benzene rings is 2. The molecule has 8 heteroatoms. The molecule has 0 saturated carbocycles. The molecule has 0 unspecified atom stereocenters. The van der Waals surface area contributed by atoms with E-state index in [-0.39, 0.29) is 10.5 Å². The first-order valence-electron chi connectivity index (χ1n) is 7.32. The van der Waals surface area contributed by atoms with Crippen LogP contribution in [0.25, 0.3) is 0 Å². The number of alkyl halides is 3. The lowest BCUT2D eigenvalue weighted by molar-refractivity contribution is -0.137. The van der Waals surface area contributed by atoms with Gasteiger partial charge in [-0.3, -0.25) is 4.18 Å². The zero-order valence-corrected chi connectivity index (χ0v) is 14.1. The van der Waals surface area contributed by atoms with Crippen molar-refractivity contribution in [1.82, 2.24) is 0 Å². The molecule has 0 aromatic heterocycles. The molecular weight excluding hydrogens is 357 g/mol. The van der Waals surface area contributed by atoms with Crippen LogP contribution in [0.3, 0.4) is 0 Å². The van der Waals surface area contributed by atoms with Gasteiger partial charge in [0, 0.05) is 5.41 Å². The second kappa shape index (κ2) is 7.15. The fourth-order valence-corrected chi connectivity index (χ4v) is 3.20. The number of hydrogen-bond acceptors (Lipinski definition) is 4. The minimum Gasteiger partial charge on any atom is -0.395 e. The molecule has 1 N–H and O–H groups in total. The quantitative estimate of drug-likeness (QED) is 0.788. The number of aliphatic hydroxyl groups is 1. The highest BCUT2D eigenvalue weighted by Crippen LogP contribution is 2.33. The van der Waals surface area contributed by atoms with Crippen molar-refractivity contribution in [1.29, 1.82) is 0 Å². The van der Waals surface area contributed by atoms with Gasteiger partial charge < -0.3 is 5.11 Å². The Hall–Kier alpha value is -1.90. The predicted octanol–water partition coefficient (Wildman–Crippen LogP) is 3.36. The van der Waals surface area contributed by atoms with Crippen molar-refractivity contribution >= 4 is 10.1 Å². The van der Waals surface area contributed by atoms with Gasteiger partial charge in [-0.2, -0.15) is 21.6 Å². The molecule has 0 bridgehead atoms. The summed E-state index contributed by atoms with van der Waals surface area (Å²) in [4.78, 5) is -0.0701. The molecular formula is C17H17F3O4S. The van der Waals surface area contributed by atoms with E-state index in [1.165, 1.54) is 43.3 Å². The maximum atomic E-state index is 12.9. The summed E-state index contributed by atoms with van der Waals surface area (Å²) < 4.78 is 67.9. The zero-order chi connectivity index (χ0) is 18.7. The minimum absolute atomic E-state index is 0.0701. The number of hydrogen-bond donors (Lipinski definition) is 1. The molecule has 136 valence electrons. The van der Waals surface area contributed by atoms with Gasteiger partial charge in [-0.05, 0) is 23.8 Å². The minimum atomic E-state index is -4.54. The maximum absolute atomic E-state index is 12.9. The molecule has 0 aliphatic rings. The van der Waals surface area contributed by atoms with E-state index in [2.05, 4.69) is 0 Å². The fourth-order valence-electron chi connectivity index (χ4n) is 2.15. The summed E-state index contributed by atoms with van der Waals surface area (Å²) in [6, 6.07) is 11.8. The van der Waals surface area contributed by atoms with Crippen molar-refractivity contribution in [2.24, 2.45) is 0 Å². The van der Waals surface area contributed by atoms with Crippen LogP contribution < -0.4 is 0 Å². The predicted molar refractivity (Wildman–Crippen MR) is 85.5 cm³/mol. The van der Waals surface area contributed by atoms with Crippen LogP contribution in [-0.2, 0) is 25.9 Å². The van der Waals surface area contributed by atoms with Gasteiger partial charge in [0.05, 0.1) is 23.7 Å². The average Bonchev–Trinajstić information content (AvgIpc) is 2.60. The molecule has 0 heterocycles. The summed E-state index contributed by atoms with van der Waals surface area (Å²) in [6.45, 7) is 0.351. The molecule has 0 radical (unpaired) electrons. The number of aliphatic hydroxyl groups excluding tert-OH is 1. The molecule has 0 spiro atoms. The Labute approximate surface area is 144 Å². The lowest BCUT2D eigenvalue weighted by Crippen LogP contribution is -2.34. The van der Waals surface area contributed by atoms with Crippen molar-refractivity contribution in [3.63, 3.8) is 0 Å². The van der Waals surface area contributed by atoms with Gasteiger partial charge in [-0.1, -0.05) is 43.3 Å². The molecule has 0 aliphatic carbocycles. The monoisotopic (exact) mass is 374 g/mol. The van der Waals surface area contributed by atoms with Crippen LogP contribution in [0.1, 0.15) is 18.1 Å². The Morgan fingerprint density at radius 2 is 1.60 bits per heavy atom. The smallest absolute Gasteiger partial charge is 0.395 e. The Morgan fingerprint density at radius 3 is 2.16 bits per heavy atom. The van der Waals surface area contributed by atoms with E-state index in [1.54, 1.807) is 6.07 Å². The molecule has 25 heavy (non-hydrogen) atoms. The standard InChI is InChI=1S/C17H17F3O4S/c1-16(11-21,13-6-5-7-14(10-13)17(18,19)20)12-24-25(22,23)15-8-3-2-4-9-15/h2-10,21H,11-12H2,1H3/t16-/m1/s1. The summed E-state index contributed by atoms with van der Waals surface area (Å²) in [7, 11) is -4.08. The van der Waals surface area contributed by atoms with E-state index < -0.39 is 40.5 Å². The van der Waals surface area contributed by atoms with Gasteiger partial charge in [0.15, 0.2) is 0 Å². The van der Waals surface area contributed by atoms with Crippen molar-refractivity contribution in [2.45, 2.75) is 23.4 Å². The van der Waals surface area contributed by atoms with Crippen molar-refractivity contribution in [3.05, 3.63) is 65.7 Å². The average molecular weight is 374 g/mol. The Kier molecular flexibility index (Phi) is 5.55. The molecule has 4 nitrogen and oxygen atoms in total. The molecule has 0 saturated heterocycles. The summed E-state index contributed by atoms with van der Waals surface area (Å²) in [5.41, 5.74) is -2.06. The van der Waals surface area contributed by atoms with Crippen LogP contribution in [0.4, 0.5) is 13.2 Å². The van der Waals surface area contributed by atoms with Crippen LogP contribution in [0.2, 0.25) is 0 Å². The highest BCUT2D eigenvalue weighted by Gasteiger charge is 2.34. The van der Waals surface area contributed by atoms with Crippen molar-refractivity contribution in [2.75, 3.05) is 13.2 Å². The largest absolute Gasteiger partial charge is 0.416 e. The third kappa shape index (κ3) is 4.59. The Bertz CT molecular complexity index is 819. The number of rotatable bonds is 6. The van der Waals surface area contributed by atoms with Crippen LogP contribution in [0.15, 0.2) is 59.5 Å². The second-order valence-corrected chi connectivity index (χ2v) is 7.44. The first kappa shape index (κ1) is 19.4. The van der Waals surface area contributed by atoms with E-state index in [0.29, 0.717) is 0 Å². The van der Waals surface area contributed by atoms with Gasteiger partial charge in [-0.25, -0.2) is 0 Å². The van der Waals surface area contributed by atoms with Crippen molar-refractivity contribution < 1.29 is 30.9 Å². The van der Waals surface area contributed by atoms with Crippen LogP contribution in [-0.4, -0.2) is 26.7 Å². The van der Waals surface area contributed by atoms with Crippen LogP contribution >= 0.6 is 0 Å². The molecule has 2 aromatic carbocycles. The van der Waals surface area contributed by atoms with Gasteiger partial charge in [0.1, 0.15) is 0 Å². The fraction of sp³-hybridized carbons (Fsp3) is 0.294. The highest BCUT2D eigenvalue weighted by molar-refractivity contribution is 7.86. The topological polar surface area (TPSA) is 63.6 Å². The van der Waals surface area contributed by atoms with Crippen LogP contribution in [0.5, 0.6) is 0 Å². The third-order valence-electron chi connectivity index (χ3n) is 3.80. The highest BCUT2D eigenvalue weighted by atomic mass is 32.2. The lowest BCUT2D eigenvalue weighted by Gasteiger charge is -2.28. The molecule has 2 rings (SSSR count). The zero-order valence-electron chi connectivity index (χ0n) is 13.3.